The highest BCUT2D eigenvalue weighted by atomic mass is 35.5. The Balaban J connectivity index is 2.15. The first-order valence-electron chi connectivity index (χ1n) is 6.44. The summed E-state index contributed by atoms with van der Waals surface area (Å²) in [6.07, 6.45) is 1.06. The van der Waals surface area contributed by atoms with Gasteiger partial charge in [0, 0.05) is 30.0 Å². The predicted octanol–water partition coefficient (Wildman–Crippen LogP) is 4.12. The van der Waals surface area contributed by atoms with Crippen molar-refractivity contribution in [3.05, 3.63) is 58.6 Å². The number of halogens is 1. The Morgan fingerprint density at radius 3 is 2.42 bits per heavy atom. The highest BCUT2D eigenvalue weighted by Gasteiger charge is 2.06. The zero-order valence-corrected chi connectivity index (χ0v) is 12.1. The van der Waals surface area contributed by atoms with Crippen molar-refractivity contribution in [2.75, 3.05) is 17.7 Å². The number of nitrogens with two attached hydrogens (primary N) is 1. The number of nitrogens with zero attached hydrogens (tertiary/aromatic N) is 1. The molecule has 0 aromatic heterocycles. The van der Waals surface area contributed by atoms with Gasteiger partial charge in [-0.2, -0.15) is 0 Å². The molecular formula is C16H19ClN2. The van der Waals surface area contributed by atoms with Crippen LogP contribution in [0.1, 0.15) is 18.1 Å². The molecule has 0 spiro atoms. The van der Waals surface area contributed by atoms with Gasteiger partial charge in [0.1, 0.15) is 0 Å². The Bertz CT molecular complexity index is 549. The third-order valence-electron chi connectivity index (χ3n) is 3.26. The Morgan fingerprint density at radius 1 is 1.11 bits per heavy atom. The summed E-state index contributed by atoms with van der Waals surface area (Å²) in [7, 11) is 2.06. The van der Waals surface area contributed by atoms with Crippen LogP contribution >= 0.6 is 11.6 Å². The molecule has 2 aromatic carbocycles. The average molecular weight is 275 g/mol. The fourth-order valence-electron chi connectivity index (χ4n) is 2.05. The van der Waals surface area contributed by atoms with Crippen molar-refractivity contribution in [1.82, 2.24) is 0 Å². The second kappa shape index (κ2) is 5.98. The number of nitrogen functional groups attached to an aromatic ring is 1. The van der Waals surface area contributed by atoms with E-state index in [1.54, 1.807) is 0 Å². The normalized spacial score (nSPS) is 10.5. The SMILES string of the molecule is CCc1ccc(N(C)Cc2cc(N)ccc2Cl)cc1. The van der Waals surface area contributed by atoms with E-state index < -0.39 is 0 Å². The molecule has 0 saturated carbocycles. The first-order chi connectivity index (χ1) is 9.10. The minimum atomic E-state index is 0.745. The first kappa shape index (κ1) is 13.8. The van der Waals surface area contributed by atoms with E-state index in [1.807, 2.05) is 18.2 Å². The van der Waals surface area contributed by atoms with Crippen molar-refractivity contribution in [1.29, 1.82) is 0 Å². The molecule has 100 valence electrons. The summed E-state index contributed by atoms with van der Waals surface area (Å²) >= 11 is 6.19. The van der Waals surface area contributed by atoms with E-state index in [0.717, 1.165) is 29.2 Å². The van der Waals surface area contributed by atoms with Gasteiger partial charge in [-0.05, 0) is 47.9 Å². The van der Waals surface area contributed by atoms with Gasteiger partial charge in [-0.1, -0.05) is 30.7 Å². The molecule has 0 aliphatic carbocycles. The lowest BCUT2D eigenvalue weighted by atomic mass is 10.1. The van der Waals surface area contributed by atoms with E-state index >= 15 is 0 Å². The van der Waals surface area contributed by atoms with Crippen molar-refractivity contribution in [3.63, 3.8) is 0 Å². The number of aryl methyl sites for hydroxylation is 1. The Labute approximate surface area is 119 Å². The van der Waals surface area contributed by atoms with Crippen LogP contribution in [-0.4, -0.2) is 7.05 Å². The lowest BCUT2D eigenvalue weighted by Crippen LogP contribution is -2.16. The highest BCUT2D eigenvalue weighted by molar-refractivity contribution is 6.31. The second-order valence-corrected chi connectivity index (χ2v) is 5.13. The van der Waals surface area contributed by atoms with Crippen LogP contribution in [0.15, 0.2) is 42.5 Å². The molecule has 0 bridgehead atoms. The monoisotopic (exact) mass is 274 g/mol. The van der Waals surface area contributed by atoms with Crippen molar-refractivity contribution >= 4 is 23.0 Å². The molecule has 2 N–H and O–H groups in total. The molecule has 2 rings (SSSR count). The van der Waals surface area contributed by atoms with Crippen molar-refractivity contribution < 1.29 is 0 Å². The molecule has 0 saturated heterocycles. The molecular weight excluding hydrogens is 256 g/mol. The summed E-state index contributed by atoms with van der Waals surface area (Å²) in [4.78, 5) is 2.17. The molecule has 3 heteroatoms. The zero-order chi connectivity index (χ0) is 13.8. The van der Waals surface area contributed by atoms with Crippen LogP contribution in [0.2, 0.25) is 5.02 Å². The highest BCUT2D eigenvalue weighted by Crippen LogP contribution is 2.23. The second-order valence-electron chi connectivity index (χ2n) is 4.73. The molecule has 0 aliphatic heterocycles. The number of hydrogen-bond donors (Lipinski definition) is 1. The lowest BCUT2D eigenvalue weighted by Gasteiger charge is -2.20. The largest absolute Gasteiger partial charge is 0.399 e. The van der Waals surface area contributed by atoms with Gasteiger partial charge in [0.15, 0.2) is 0 Å². The summed E-state index contributed by atoms with van der Waals surface area (Å²) in [6.45, 7) is 2.90. The van der Waals surface area contributed by atoms with E-state index in [-0.39, 0.29) is 0 Å². The standard InChI is InChI=1S/C16H19ClN2/c1-3-12-4-7-15(8-5-12)19(2)11-13-10-14(18)6-9-16(13)17/h4-10H,3,11,18H2,1-2H3. The van der Waals surface area contributed by atoms with Gasteiger partial charge in [0.05, 0.1) is 0 Å². The molecule has 0 amide bonds. The molecule has 19 heavy (non-hydrogen) atoms. The molecule has 2 aromatic rings. The lowest BCUT2D eigenvalue weighted by molar-refractivity contribution is 0.922. The third kappa shape index (κ3) is 3.42. The minimum absolute atomic E-state index is 0.745. The van der Waals surface area contributed by atoms with E-state index in [0.29, 0.717) is 0 Å². The number of hydrogen-bond acceptors (Lipinski definition) is 2. The summed E-state index contributed by atoms with van der Waals surface area (Å²) in [5.74, 6) is 0. The maximum atomic E-state index is 6.19. The Hall–Kier alpha value is -1.67. The minimum Gasteiger partial charge on any atom is -0.399 e. The summed E-state index contributed by atoms with van der Waals surface area (Å²) in [5, 5.41) is 0.756. The molecule has 0 radical (unpaired) electrons. The van der Waals surface area contributed by atoms with Crippen LogP contribution in [0.25, 0.3) is 0 Å². The maximum absolute atomic E-state index is 6.19. The van der Waals surface area contributed by atoms with Crippen LogP contribution in [0.5, 0.6) is 0 Å². The van der Waals surface area contributed by atoms with Crippen molar-refractivity contribution in [2.24, 2.45) is 0 Å². The summed E-state index contributed by atoms with van der Waals surface area (Å²) in [6, 6.07) is 14.2. The predicted molar refractivity (Wildman–Crippen MR) is 83.8 cm³/mol. The Kier molecular flexibility index (Phi) is 4.33. The topological polar surface area (TPSA) is 29.3 Å². The molecule has 0 unspecified atom stereocenters. The molecule has 0 atom stereocenters. The van der Waals surface area contributed by atoms with E-state index in [9.17, 15) is 0 Å². The van der Waals surface area contributed by atoms with Crippen molar-refractivity contribution in [3.8, 4) is 0 Å². The van der Waals surface area contributed by atoms with Gasteiger partial charge in [-0.15, -0.1) is 0 Å². The average Bonchev–Trinajstić information content (AvgIpc) is 2.43. The fourth-order valence-corrected chi connectivity index (χ4v) is 2.23. The van der Waals surface area contributed by atoms with Gasteiger partial charge < -0.3 is 10.6 Å². The van der Waals surface area contributed by atoms with Crippen molar-refractivity contribution in [2.45, 2.75) is 19.9 Å². The Morgan fingerprint density at radius 2 is 1.79 bits per heavy atom. The maximum Gasteiger partial charge on any atom is 0.0457 e. The number of rotatable bonds is 4. The smallest absolute Gasteiger partial charge is 0.0457 e. The van der Waals surface area contributed by atoms with E-state index in [2.05, 4.69) is 43.1 Å². The third-order valence-corrected chi connectivity index (χ3v) is 3.63. The first-order valence-corrected chi connectivity index (χ1v) is 6.82. The fraction of sp³-hybridized carbons (Fsp3) is 0.250. The summed E-state index contributed by atoms with van der Waals surface area (Å²) < 4.78 is 0. The van der Waals surface area contributed by atoms with E-state index in [1.165, 1.54) is 11.3 Å². The number of benzene rings is 2. The van der Waals surface area contributed by atoms with Crippen LogP contribution in [0, 0.1) is 0 Å². The van der Waals surface area contributed by atoms with Gasteiger partial charge in [0.25, 0.3) is 0 Å². The van der Waals surface area contributed by atoms with Crippen LogP contribution in [-0.2, 0) is 13.0 Å². The van der Waals surface area contributed by atoms with Gasteiger partial charge in [-0.25, -0.2) is 0 Å². The molecule has 0 heterocycles. The van der Waals surface area contributed by atoms with Crippen LogP contribution in [0.3, 0.4) is 0 Å². The molecule has 0 fully saturated rings. The molecule has 0 aliphatic rings. The summed E-state index contributed by atoms with van der Waals surface area (Å²) in [5.41, 5.74) is 10.1. The van der Waals surface area contributed by atoms with E-state index in [4.69, 9.17) is 17.3 Å². The van der Waals surface area contributed by atoms with Crippen LogP contribution in [0.4, 0.5) is 11.4 Å². The number of anilines is 2. The van der Waals surface area contributed by atoms with Gasteiger partial charge in [0.2, 0.25) is 0 Å². The van der Waals surface area contributed by atoms with Crippen LogP contribution < -0.4 is 10.6 Å². The molecule has 2 nitrogen and oxygen atoms in total. The van der Waals surface area contributed by atoms with Gasteiger partial charge >= 0.3 is 0 Å². The van der Waals surface area contributed by atoms with Gasteiger partial charge in [-0.3, -0.25) is 0 Å². The quantitative estimate of drug-likeness (QED) is 0.850. The zero-order valence-electron chi connectivity index (χ0n) is 11.4.